The van der Waals surface area contributed by atoms with Gasteiger partial charge in [0.2, 0.25) is 0 Å². The number of rotatable bonds is 5. The summed E-state index contributed by atoms with van der Waals surface area (Å²) in [5.41, 5.74) is 2.33. The molecule has 2 aromatic carbocycles. The molecule has 8 heteroatoms. The maximum absolute atomic E-state index is 13.8. The number of hydrogen-bond acceptors (Lipinski definition) is 7. The van der Waals surface area contributed by atoms with Crippen LogP contribution in [0.2, 0.25) is 0 Å². The summed E-state index contributed by atoms with van der Waals surface area (Å²) in [7, 11) is 1.61. The molecule has 1 aliphatic rings. The Morgan fingerprint density at radius 2 is 1.97 bits per heavy atom. The molecule has 176 valence electrons. The molecule has 0 bridgehead atoms. The summed E-state index contributed by atoms with van der Waals surface area (Å²) in [6, 6.07) is 14.6. The second-order valence-corrected chi connectivity index (χ2v) is 9.03. The van der Waals surface area contributed by atoms with Crippen molar-refractivity contribution in [1.82, 2.24) is 9.55 Å². The van der Waals surface area contributed by atoms with Crippen molar-refractivity contribution in [3.05, 3.63) is 103 Å². The number of esters is 1. The lowest BCUT2D eigenvalue weighted by molar-refractivity contribution is -0.139. The van der Waals surface area contributed by atoms with Crippen LogP contribution in [-0.4, -0.2) is 29.2 Å². The summed E-state index contributed by atoms with van der Waals surface area (Å²) in [4.78, 5) is 36.2. The topological polar surface area (TPSA) is 82.8 Å². The Morgan fingerprint density at radius 1 is 1.17 bits per heavy atom. The van der Waals surface area contributed by atoms with E-state index in [1.54, 1.807) is 37.9 Å². The van der Waals surface area contributed by atoms with Gasteiger partial charge in [-0.2, -0.15) is 0 Å². The second kappa shape index (κ2) is 9.31. The first-order chi connectivity index (χ1) is 17.0. The summed E-state index contributed by atoms with van der Waals surface area (Å²) < 4.78 is 13.0. The molecule has 0 spiro atoms. The van der Waals surface area contributed by atoms with Gasteiger partial charge in [-0.15, -0.1) is 0 Å². The van der Waals surface area contributed by atoms with Crippen LogP contribution < -0.4 is 19.6 Å². The maximum Gasteiger partial charge on any atom is 0.338 e. The molecule has 0 aliphatic carbocycles. The highest BCUT2D eigenvalue weighted by Crippen LogP contribution is 2.36. The van der Waals surface area contributed by atoms with E-state index in [1.807, 2.05) is 54.6 Å². The van der Waals surface area contributed by atoms with E-state index < -0.39 is 12.0 Å². The van der Waals surface area contributed by atoms with E-state index in [0.717, 1.165) is 21.9 Å². The van der Waals surface area contributed by atoms with Gasteiger partial charge in [-0.25, -0.2) is 9.79 Å². The Labute approximate surface area is 205 Å². The molecular weight excluding hydrogens is 462 g/mol. The van der Waals surface area contributed by atoms with Crippen molar-refractivity contribution in [3.63, 3.8) is 0 Å². The van der Waals surface area contributed by atoms with Gasteiger partial charge in [-0.05, 0) is 66.1 Å². The highest BCUT2D eigenvalue weighted by Gasteiger charge is 2.34. The number of methoxy groups -OCH3 is 1. The van der Waals surface area contributed by atoms with Gasteiger partial charge in [-0.1, -0.05) is 35.6 Å². The van der Waals surface area contributed by atoms with Gasteiger partial charge in [0.25, 0.3) is 5.56 Å². The zero-order valence-electron chi connectivity index (χ0n) is 19.5. The summed E-state index contributed by atoms with van der Waals surface area (Å²) in [6.45, 7) is 3.76. The molecule has 3 heterocycles. The Balaban J connectivity index is 1.82. The molecule has 0 fully saturated rings. The molecule has 0 amide bonds. The number of benzene rings is 2. The number of thiazole rings is 1. The van der Waals surface area contributed by atoms with E-state index in [4.69, 9.17) is 9.47 Å². The van der Waals surface area contributed by atoms with E-state index in [-0.39, 0.29) is 12.2 Å². The zero-order valence-corrected chi connectivity index (χ0v) is 20.3. The number of nitrogens with zero attached hydrogens (tertiary/aromatic N) is 3. The van der Waals surface area contributed by atoms with Gasteiger partial charge in [0.15, 0.2) is 4.80 Å². The van der Waals surface area contributed by atoms with Crippen molar-refractivity contribution in [1.29, 1.82) is 0 Å². The van der Waals surface area contributed by atoms with Crippen LogP contribution in [0.15, 0.2) is 82.0 Å². The largest absolute Gasteiger partial charge is 0.497 e. The Morgan fingerprint density at radius 3 is 2.71 bits per heavy atom. The molecule has 5 rings (SSSR count). The third kappa shape index (κ3) is 4.06. The van der Waals surface area contributed by atoms with Crippen molar-refractivity contribution in [2.75, 3.05) is 13.7 Å². The Hall–Kier alpha value is -4.04. The molecule has 2 aromatic heterocycles. The number of carbonyl (C=O) groups is 1. The SMILES string of the molecule is CCOC(=O)C1=C(C)N=c2s/c(=C\c3ccncc3)c(=O)n2C1c1cccc2ccc(OC)cc12. The number of fused-ring (bicyclic) bond motifs is 2. The summed E-state index contributed by atoms with van der Waals surface area (Å²) in [5.74, 6) is 0.204. The molecule has 4 aromatic rings. The minimum atomic E-state index is -0.694. The van der Waals surface area contributed by atoms with Crippen molar-refractivity contribution in [2.24, 2.45) is 4.99 Å². The molecule has 1 unspecified atom stereocenters. The van der Waals surface area contributed by atoms with Gasteiger partial charge >= 0.3 is 5.97 Å². The van der Waals surface area contributed by atoms with Gasteiger partial charge < -0.3 is 9.47 Å². The van der Waals surface area contributed by atoms with Crippen molar-refractivity contribution in [2.45, 2.75) is 19.9 Å². The highest BCUT2D eigenvalue weighted by atomic mass is 32.1. The van der Waals surface area contributed by atoms with Gasteiger partial charge in [-0.3, -0.25) is 14.3 Å². The first kappa shape index (κ1) is 22.7. The van der Waals surface area contributed by atoms with Crippen LogP contribution in [0.5, 0.6) is 5.75 Å². The fraction of sp³-hybridized carbons (Fsp3) is 0.185. The van der Waals surface area contributed by atoms with Crippen LogP contribution >= 0.6 is 11.3 Å². The number of ether oxygens (including phenoxy) is 2. The summed E-state index contributed by atoms with van der Waals surface area (Å²) in [5, 5.41) is 1.86. The number of aromatic nitrogens is 2. The number of pyridine rings is 1. The molecule has 0 saturated carbocycles. The van der Waals surface area contributed by atoms with Gasteiger partial charge in [0.1, 0.15) is 5.75 Å². The van der Waals surface area contributed by atoms with Gasteiger partial charge in [0.05, 0.1) is 35.6 Å². The van der Waals surface area contributed by atoms with Crippen LogP contribution in [0.3, 0.4) is 0 Å². The lowest BCUT2D eigenvalue weighted by Gasteiger charge is -2.26. The van der Waals surface area contributed by atoms with E-state index in [0.29, 0.717) is 26.4 Å². The van der Waals surface area contributed by atoms with Crippen molar-refractivity contribution in [3.8, 4) is 5.75 Å². The average molecular weight is 486 g/mol. The Kier molecular flexibility index (Phi) is 6.05. The molecule has 35 heavy (non-hydrogen) atoms. The summed E-state index contributed by atoms with van der Waals surface area (Å²) in [6.07, 6.45) is 5.18. The van der Waals surface area contributed by atoms with E-state index >= 15 is 0 Å². The standard InChI is InChI=1S/C27H23N3O4S/c1-4-34-26(32)23-16(2)29-27-30(25(31)22(35-27)14-17-10-12-28-13-11-17)24(23)20-7-5-6-18-8-9-19(33-3)15-21(18)20/h5-15,24H,4H2,1-3H3/b22-14-. The zero-order chi connectivity index (χ0) is 24.5. The Bertz CT molecular complexity index is 1650. The first-order valence-electron chi connectivity index (χ1n) is 11.2. The monoisotopic (exact) mass is 485 g/mol. The smallest absolute Gasteiger partial charge is 0.338 e. The van der Waals surface area contributed by atoms with Crippen LogP contribution in [0.1, 0.15) is 31.0 Å². The second-order valence-electron chi connectivity index (χ2n) is 8.02. The molecule has 0 radical (unpaired) electrons. The fourth-order valence-corrected chi connectivity index (χ4v) is 5.38. The average Bonchev–Trinajstić information content (AvgIpc) is 3.17. The molecular formula is C27H23N3O4S. The van der Waals surface area contributed by atoms with Crippen LogP contribution in [0.4, 0.5) is 0 Å². The lowest BCUT2D eigenvalue weighted by Crippen LogP contribution is -2.40. The minimum Gasteiger partial charge on any atom is -0.497 e. The number of hydrogen-bond donors (Lipinski definition) is 0. The quantitative estimate of drug-likeness (QED) is 0.405. The maximum atomic E-state index is 13.8. The minimum absolute atomic E-state index is 0.218. The molecule has 7 nitrogen and oxygen atoms in total. The third-order valence-corrected chi connectivity index (χ3v) is 6.92. The van der Waals surface area contributed by atoms with Gasteiger partial charge in [0, 0.05) is 12.4 Å². The molecule has 0 N–H and O–H groups in total. The van der Waals surface area contributed by atoms with Crippen LogP contribution in [-0.2, 0) is 9.53 Å². The predicted molar refractivity (Wildman–Crippen MR) is 135 cm³/mol. The molecule has 1 atom stereocenters. The van der Waals surface area contributed by atoms with Crippen molar-refractivity contribution >= 4 is 34.2 Å². The normalized spacial score (nSPS) is 15.6. The van der Waals surface area contributed by atoms with Crippen molar-refractivity contribution < 1.29 is 14.3 Å². The van der Waals surface area contributed by atoms with Crippen LogP contribution in [0, 0.1) is 0 Å². The van der Waals surface area contributed by atoms with Crippen LogP contribution in [0.25, 0.3) is 16.8 Å². The predicted octanol–water partition coefficient (Wildman–Crippen LogP) is 3.36. The lowest BCUT2D eigenvalue weighted by atomic mass is 9.91. The summed E-state index contributed by atoms with van der Waals surface area (Å²) >= 11 is 1.30. The molecule has 1 aliphatic heterocycles. The number of carbonyl (C=O) groups excluding carboxylic acids is 1. The number of allylic oxidation sites excluding steroid dienone is 1. The van der Waals surface area contributed by atoms with E-state index in [9.17, 15) is 9.59 Å². The fourth-order valence-electron chi connectivity index (χ4n) is 4.34. The first-order valence-corrected chi connectivity index (χ1v) is 12.0. The van der Waals surface area contributed by atoms with E-state index in [2.05, 4.69) is 9.98 Å². The highest BCUT2D eigenvalue weighted by molar-refractivity contribution is 7.07. The van der Waals surface area contributed by atoms with E-state index in [1.165, 1.54) is 11.3 Å². The molecule has 0 saturated heterocycles. The third-order valence-electron chi connectivity index (χ3n) is 5.94.